The van der Waals surface area contributed by atoms with Crippen molar-refractivity contribution in [2.75, 3.05) is 7.11 Å². The number of ether oxygens (including phenoxy) is 1. The Morgan fingerprint density at radius 2 is 1.95 bits per heavy atom. The average Bonchev–Trinajstić information content (AvgIpc) is 2.67. The number of hydrogen-bond donors (Lipinski definition) is 0. The second-order valence-corrected chi connectivity index (χ2v) is 6.25. The fourth-order valence-electron chi connectivity index (χ4n) is 2.84. The molecule has 1 aliphatic rings. The highest BCUT2D eigenvalue weighted by atomic mass is 79.9. The van der Waals surface area contributed by atoms with E-state index in [0.717, 1.165) is 4.47 Å². The van der Waals surface area contributed by atoms with Crippen LogP contribution in [0.25, 0.3) is 0 Å². The number of hydrogen-bond acceptors (Lipinski definition) is 2. The number of Topliss-reactive ketones (excluding diaryl/α,β-unsaturated/α-hetero) is 1. The van der Waals surface area contributed by atoms with E-state index in [1.54, 1.807) is 7.11 Å². The van der Waals surface area contributed by atoms with Crippen LogP contribution in [-0.2, 0) is 0 Å². The maximum atomic E-state index is 12.5. The highest BCUT2D eigenvalue weighted by Crippen LogP contribution is 2.30. The first-order chi connectivity index (χ1) is 9.20. The van der Waals surface area contributed by atoms with E-state index in [-0.39, 0.29) is 5.78 Å². The van der Waals surface area contributed by atoms with Crippen molar-refractivity contribution >= 4 is 21.7 Å². The van der Waals surface area contributed by atoms with Crippen molar-refractivity contribution in [3.63, 3.8) is 0 Å². The first kappa shape index (κ1) is 14.6. The van der Waals surface area contributed by atoms with Gasteiger partial charge in [-0.25, -0.2) is 0 Å². The smallest absolute Gasteiger partial charge is 0.166 e. The van der Waals surface area contributed by atoms with Gasteiger partial charge in [-0.2, -0.15) is 0 Å². The van der Waals surface area contributed by atoms with Gasteiger partial charge in [-0.15, -0.1) is 0 Å². The highest BCUT2D eigenvalue weighted by molar-refractivity contribution is 9.10. The fourth-order valence-corrected chi connectivity index (χ4v) is 3.20. The predicted octanol–water partition coefficient (Wildman–Crippen LogP) is 5.00. The minimum atomic E-state index is 0.213. The van der Waals surface area contributed by atoms with Crippen LogP contribution in [-0.4, -0.2) is 12.9 Å². The Hall–Kier alpha value is -0.830. The summed E-state index contributed by atoms with van der Waals surface area (Å²) in [5, 5.41) is 0. The maximum absolute atomic E-state index is 12.5. The molecule has 0 aromatic heterocycles. The standard InChI is InChI=1S/C16H21BrO2/c1-19-16-9-8-13(17)11-14(16)15(18)10-12-6-4-2-3-5-7-12/h8-9,11-12H,2-7,10H2,1H3. The lowest BCUT2D eigenvalue weighted by Gasteiger charge is -2.14. The summed E-state index contributed by atoms with van der Waals surface area (Å²) in [6, 6.07) is 5.63. The second kappa shape index (κ2) is 7.09. The minimum absolute atomic E-state index is 0.213. The molecule has 0 heterocycles. The topological polar surface area (TPSA) is 26.3 Å². The molecule has 0 unspecified atom stereocenters. The Balaban J connectivity index is 2.08. The van der Waals surface area contributed by atoms with Crippen molar-refractivity contribution < 1.29 is 9.53 Å². The van der Waals surface area contributed by atoms with Gasteiger partial charge in [-0.05, 0) is 24.1 Å². The van der Waals surface area contributed by atoms with E-state index in [4.69, 9.17) is 4.74 Å². The number of carbonyl (C=O) groups excluding carboxylic acids is 1. The monoisotopic (exact) mass is 324 g/mol. The van der Waals surface area contributed by atoms with Gasteiger partial charge in [-0.3, -0.25) is 4.79 Å². The summed E-state index contributed by atoms with van der Waals surface area (Å²) in [6.45, 7) is 0. The van der Waals surface area contributed by atoms with Crippen molar-refractivity contribution in [2.24, 2.45) is 5.92 Å². The van der Waals surface area contributed by atoms with Gasteiger partial charge in [0.05, 0.1) is 12.7 Å². The Morgan fingerprint density at radius 3 is 2.58 bits per heavy atom. The zero-order valence-electron chi connectivity index (χ0n) is 11.5. The number of halogens is 1. The lowest BCUT2D eigenvalue weighted by atomic mass is 9.92. The first-order valence-corrected chi connectivity index (χ1v) is 7.86. The molecule has 1 aliphatic carbocycles. The molecule has 0 aliphatic heterocycles. The van der Waals surface area contributed by atoms with E-state index in [1.165, 1.54) is 38.5 Å². The third-order valence-electron chi connectivity index (χ3n) is 3.91. The Labute approximate surface area is 123 Å². The van der Waals surface area contributed by atoms with Crippen molar-refractivity contribution in [1.29, 1.82) is 0 Å². The largest absolute Gasteiger partial charge is 0.496 e. The number of ketones is 1. The lowest BCUT2D eigenvalue weighted by molar-refractivity contribution is 0.0954. The van der Waals surface area contributed by atoms with E-state index in [0.29, 0.717) is 23.7 Å². The van der Waals surface area contributed by atoms with Crippen molar-refractivity contribution in [3.05, 3.63) is 28.2 Å². The summed E-state index contributed by atoms with van der Waals surface area (Å²) < 4.78 is 6.22. The van der Waals surface area contributed by atoms with Crippen molar-refractivity contribution in [2.45, 2.75) is 44.9 Å². The number of rotatable bonds is 4. The fraction of sp³-hybridized carbons (Fsp3) is 0.562. The van der Waals surface area contributed by atoms with Crippen LogP contribution in [0.2, 0.25) is 0 Å². The quantitative estimate of drug-likeness (QED) is 0.575. The zero-order valence-corrected chi connectivity index (χ0v) is 13.0. The summed E-state index contributed by atoms with van der Waals surface area (Å²) >= 11 is 3.42. The summed E-state index contributed by atoms with van der Waals surface area (Å²) in [5.41, 5.74) is 0.709. The first-order valence-electron chi connectivity index (χ1n) is 7.07. The van der Waals surface area contributed by atoms with E-state index in [2.05, 4.69) is 15.9 Å². The summed E-state index contributed by atoms with van der Waals surface area (Å²) in [5.74, 6) is 1.45. The zero-order chi connectivity index (χ0) is 13.7. The number of carbonyl (C=O) groups is 1. The number of benzene rings is 1. The molecule has 19 heavy (non-hydrogen) atoms. The van der Waals surface area contributed by atoms with Crippen LogP contribution >= 0.6 is 15.9 Å². The second-order valence-electron chi connectivity index (χ2n) is 5.33. The van der Waals surface area contributed by atoms with E-state index in [9.17, 15) is 4.79 Å². The van der Waals surface area contributed by atoms with Crippen LogP contribution in [0.1, 0.15) is 55.3 Å². The third-order valence-corrected chi connectivity index (χ3v) is 4.40. The SMILES string of the molecule is COc1ccc(Br)cc1C(=O)CC1CCCCCC1. The molecule has 0 bridgehead atoms. The van der Waals surface area contributed by atoms with Gasteiger partial charge in [0.1, 0.15) is 5.75 Å². The Morgan fingerprint density at radius 1 is 1.26 bits per heavy atom. The number of methoxy groups -OCH3 is 1. The van der Waals surface area contributed by atoms with Gasteiger partial charge in [0.2, 0.25) is 0 Å². The minimum Gasteiger partial charge on any atom is -0.496 e. The Bertz CT molecular complexity index is 434. The van der Waals surface area contributed by atoms with Crippen molar-refractivity contribution in [3.8, 4) is 5.75 Å². The molecule has 104 valence electrons. The van der Waals surface area contributed by atoms with E-state index >= 15 is 0 Å². The van der Waals surface area contributed by atoms with Crippen LogP contribution in [0, 0.1) is 5.92 Å². The maximum Gasteiger partial charge on any atom is 0.166 e. The Kier molecular flexibility index (Phi) is 5.44. The van der Waals surface area contributed by atoms with Gasteiger partial charge < -0.3 is 4.74 Å². The molecule has 1 aromatic carbocycles. The molecular formula is C16H21BrO2. The predicted molar refractivity (Wildman–Crippen MR) is 80.8 cm³/mol. The van der Waals surface area contributed by atoms with E-state index in [1.807, 2.05) is 18.2 Å². The molecule has 1 saturated carbocycles. The van der Waals surface area contributed by atoms with Gasteiger partial charge in [-0.1, -0.05) is 54.5 Å². The van der Waals surface area contributed by atoms with Crippen LogP contribution in [0.3, 0.4) is 0 Å². The molecular weight excluding hydrogens is 304 g/mol. The third kappa shape index (κ3) is 4.07. The summed E-state index contributed by atoms with van der Waals surface area (Å²) in [4.78, 5) is 12.5. The van der Waals surface area contributed by atoms with Crippen LogP contribution in [0.5, 0.6) is 5.75 Å². The summed E-state index contributed by atoms with van der Waals surface area (Å²) in [6.07, 6.45) is 8.24. The van der Waals surface area contributed by atoms with Crippen LogP contribution in [0.15, 0.2) is 22.7 Å². The highest BCUT2D eigenvalue weighted by Gasteiger charge is 2.19. The average molecular weight is 325 g/mol. The molecule has 0 saturated heterocycles. The van der Waals surface area contributed by atoms with Crippen LogP contribution in [0.4, 0.5) is 0 Å². The molecule has 1 fully saturated rings. The molecule has 0 amide bonds. The molecule has 1 aromatic rings. The van der Waals surface area contributed by atoms with Gasteiger partial charge in [0, 0.05) is 10.9 Å². The molecule has 0 atom stereocenters. The van der Waals surface area contributed by atoms with Crippen molar-refractivity contribution in [1.82, 2.24) is 0 Å². The van der Waals surface area contributed by atoms with Gasteiger partial charge in [0.25, 0.3) is 0 Å². The molecule has 0 radical (unpaired) electrons. The molecule has 0 N–H and O–H groups in total. The normalized spacial score (nSPS) is 16.9. The molecule has 2 nitrogen and oxygen atoms in total. The lowest BCUT2D eigenvalue weighted by Crippen LogP contribution is -2.09. The molecule has 2 rings (SSSR count). The molecule has 0 spiro atoms. The van der Waals surface area contributed by atoms with Crippen LogP contribution < -0.4 is 4.74 Å². The molecule has 3 heteroatoms. The van der Waals surface area contributed by atoms with Gasteiger partial charge >= 0.3 is 0 Å². The van der Waals surface area contributed by atoms with E-state index < -0.39 is 0 Å². The summed E-state index contributed by atoms with van der Waals surface area (Å²) in [7, 11) is 1.62. The van der Waals surface area contributed by atoms with Gasteiger partial charge in [0.15, 0.2) is 5.78 Å².